The van der Waals surface area contributed by atoms with Crippen molar-refractivity contribution in [2.24, 2.45) is 0 Å². The molecule has 0 aliphatic heterocycles. The molecule has 2 N–H and O–H groups in total. The van der Waals surface area contributed by atoms with E-state index in [-0.39, 0.29) is 18.4 Å². The number of para-hydroxylation sites is 2. The fourth-order valence-electron chi connectivity index (χ4n) is 4.94. The van der Waals surface area contributed by atoms with Gasteiger partial charge in [-0.3, -0.25) is 14.4 Å². The zero-order valence-corrected chi connectivity index (χ0v) is 25.7. The number of carbonyl (C=O) groups excluding carboxylic acids is 3. The molecule has 1 heterocycles. The number of hydrogen-bond donors (Lipinski definition) is 2. The average Bonchev–Trinajstić information content (AvgIpc) is 3.56. The van der Waals surface area contributed by atoms with Gasteiger partial charge in [0, 0.05) is 24.7 Å². The van der Waals surface area contributed by atoms with Crippen LogP contribution in [0, 0.1) is 0 Å². The van der Waals surface area contributed by atoms with Gasteiger partial charge in [-0.05, 0) is 48.0 Å². The van der Waals surface area contributed by atoms with Gasteiger partial charge in [-0.2, -0.15) is 0 Å². The van der Waals surface area contributed by atoms with E-state index in [9.17, 15) is 14.4 Å². The van der Waals surface area contributed by atoms with Crippen molar-refractivity contribution in [3.63, 3.8) is 0 Å². The maximum Gasteiger partial charge on any atom is 0.259 e. The highest BCUT2D eigenvalue weighted by molar-refractivity contribution is 6.07. The molecule has 46 heavy (non-hydrogen) atoms. The smallest absolute Gasteiger partial charge is 0.259 e. The molecule has 1 unspecified atom stereocenters. The van der Waals surface area contributed by atoms with Crippen LogP contribution in [0.5, 0.6) is 11.5 Å². The second-order valence-electron chi connectivity index (χ2n) is 10.4. The number of rotatable bonds is 12. The minimum atomic E-state index is -0.837. The van der Waals surface area contributed by atoms with Crippen molar-refractivity contribution in [2.75, 3.05) is 31.5 Å². The standard InChI is InChI=1S/C35H34N6O5/c1-40(25-17-19-26(45-2)20-18-25)35(44)30(21-24-11-5-4-6-12-24)36-33(42)23-41-22-31(38-39-41)27-13-7-9-15-29(27)37-34(43)28-14-8-10-16-32(28)46-3/h4-20,22,30H,21,23H2,1-3H3,(H,36,42)(H,37,43). The molecule has 234 valence electrons. The van der Waals surface area contributed by atoms with Gasteiger partial charge in [0.1, 0.15) is 29.8 Å². The SMILES string of the molecule is COc1ccc(N(C)C(=O)C(Cc2ccccc2)NC(=O)Cn2cc(-c3ccccc3NC(=O)c3ccccc3OC)nn2)cc1. The Kier molecular flexibility index (Phi) is 10.0. The third kappa shape index (κ3) is 7.56. The number of carbonyl (C=O) groups is 3. The van der Waals surface area contributed by atoms with Gasteiger partial charge in [0.2, 0.25) is 11.8 Å². The molecule has 0 saturated carbocycles. The number of likely N-dealkylation sites (N-methyl/N-ethyl adjacent to an activating group) is 1. The summed E-state index contributed by atoms with van der Waals surface area (Å²) in [6, 6.07) is 29.9. The van der Waals surface area contributed by atoms with Crippen molar-refractivity contribution >= 4 is 29.1 Å². The first-order valence-corrected chi connectivity index (χ1v) is 14.5. The summed E-state index contributed by atoms with van der Waals surface area (Å²) in [4.78, 5) is 41.5. The van der Waals surface area contributed by atoms with Crippen LogP contribution in [0.25, 0.3) is 11.3 Å². The molecule has 5 aromatic rings. The minimum Gasteiger partial charge on any atom is -0.497 e. The molecule has 1 aromatic heterocycles. The summed E-state index contributed by atoms with van der Waals surface area (Å²) >= 11 is 0. The first-order chi connectivity index (χ1) is 22.4. The Labute approximate surface area is 266 Å². The quantitative estimate of drug-likeness (QED) is 0.209. The Morgan fingerprint density at radius 2 is 1.54 bits per heavy atom. The second-order valence-corrected chi connectivity index (χ2v) is 10.4. The zero-order chi connectivity index (χ0) is 32.5. The van der Waals surface area contributed by atoms with Gasteiger partial charge in [-0.1, -0.05) is 65.9 Å². The van der Waals surface area contributed by atoms with Gasteiger partial charge in [-0.15, -0.1) is 5.10 Å². The normalized spacial score (nSPS) is 11.3. The van der Waals surface area contributed by atoms with E-state index in [0.717, 1.165) is 5.56 Å². The largest absolute Gasteiger partial charge is 0.497 e. The van der Waals surface area contributed by atoms with Gasteiger partial charge >= 0.3 is 0 Å². The van der Waals surface area contributed by atoms with Crippen molar-refractivity contribution in [1.29, 1.82) is 0 Å². The van der Waals surface area contributed by atoms with Crippen LogP contribution < -0.4 is 25.0 Å². The summed E-state index contributed by atoms with van der Waals surface area (Å²) in [5, 5.41) is 14.2. The molecule has 0 aliphatic carbocycles. The summed E-state index contributed by atoms with van der Waals surface area (Å²) in [6.07, 6.45) is 1.92. The fourth-order valence-corrected chi connectivity index (χ4v) is 4.94. The summed E-state index contributed by atoms with van der Waals surface area (Å²) in [5.74, 6) is 0.0967. The monoisotopic (exact) mass is 618 g/mol. The minimum absolute atomic E-state index is 0.173. The lowest BCUT2D eigenvalue weighted by Crippen LogP contribution is -2.49. The van der Waals surface area contributed by atoms with Gasteiger partial charge in [-0.25, -0.2) is 4.68 Å². The van der Waals surface area contributed by atoms with E-state index in [1.807, 2.05) is 36.4 Å². The maximum atomic E-state index is 13.7. The Balaban J connectivity index is 1.30. The van der Waals surface area contributed by atoms with Crippen molar-refractivity contribution in [3.05, 3.63) is 120 Å². The van der Waals surface area contributed by atoms with Crippen LogP contribution in [0.4, 0.5) is 11.4 Å². The Morgan fingerprint density at radius 3 is 2.28 bits per heavy atom. The van der Waals surface area contributed by atoms with Crippen LogP contribution in [-0.2, 0) is 22.6 Å². The molecular formula is C35H34N6O5. The molecule has 0 saturated heterocycles. The summed E-state index contributed by atoms with van der Waals surface area (Å²) in [5.41, 5.74) is 3.55. The van der Waals surface area contributed by atoms with E-state index in [0.29, 0.717) is 46.1 Å². The Morgan fingerprint density at radius 1 is 0.848 bits per heavy atom. The molecule has 3 amide bonds. The lowest BCUT2D eigenvalue weighted by molar-refractivity contribution is -0.127. The first kappa shape index (κ1) is 31.5. The van der Waals surface area contributed by atoms with Crippen LogP contribution in [0.15, 0.2) is 109 Å². The maximum absolute atomic E-state index is 13.7. The first-order valence-electron chi connectivity index (χ1n) is 14.5. The fraction of sp³-hybridized carbons (Fsp3) is 0.171. The highest BCUT2D eigenvalue weighted by Gasteiger charge is 2.26. The highest BCUT2D eigenvalue weighted by Crippen LogP contribution is 2.28. The van der Waals surface area contributed by atoms with E-state index >= 15 is 0 Å². The molecule has 1 atom stereocenters. The number of amides is 3. The lowest BCUT2D eigenvalue weighted by atomic mass is 10.0. The topological polar surface area (TPSA) is 128 Å². The lowest BCUT2D eigenvalue weighted by Gasteiger charge is -2.25. The highest BCUT2D eigenvalue weighted by atomic mass is 16.5. The summed E-state index contributed by atoms with van der Waals surface area (Å²) in [6.45, 7) is -0.173. The van der Waals surface area contributed by atoms with Gasteiger partial charge in [0.05, 0.1) is 31.7 Å². The molecule has 4 aromatic carbocycles. The number of aromatic nitrogens is 3. The number of anilines is 2. The third-order valence-corrected chi connectivity index (χ3v) is 7.35. The molecule has 0 spiro atoms. The van der Waals surface area contributed by atoms with E-state index < -0.39 is 11.9 Å². The average molecular weight is 619 g/mol. The van der Waals surface area contributed by atoms with Crippen LogP contribution in [-0.4, -0.2) is 60.0 Å². The number of hydrogen-bond acceptors (Lipinski definition) is 7. The molecule has 5 rings (SSSR count). The third-order valence-electron chi connectivity index (χ3n) is 7.35. The van der Waals surface area contributed by atoms with Crippen LogP contribution in [0.2, 0.25) is 0 Å². The van der Waals surface area contributed by atoms with E-state index in [4.69, 9.17) is 9.47 Å². The van der Waals surface area contributed by atoms with Crippen molar-refractivity contribution in [2.45, 2.75) is 19.0 Å². The van der Waals surface area contributed by atoms with E-state index in [1.165, 1.54) is 16.7 Å². The van der Waals surface area contributed by atoms with E-state index in [1.54, 1.807) is 87.1 Å². The van der Waals surface area contributed by atoms with Gasteiger partial charge in [0.25, 0.3) is 5.91 Å². The molecule has 0 radical (unpaired) electrons. The second kappa shape index (κ2) is 14.7. The number of ether oxygens (including phenoxy) is 2. The number of nitrogens with zero attached hydrogens (tertiary/aromatic N) is 4. The van der Waals surface area contributed by atoms with Crippen LogP contribution in [0.1, 0.15) is 15.9 Å². The van der Waals surface area contributed by atoms with Gasteiger partial charge in [0.15, 0.2) is 0 Å². The van der Waals surface area contributed by atoms with Gasteiger partial charge < -0.3 is 25.0 Å². The van der Waals surface area contributed by atoms with Crippen molar-refractivity contribution in [3.8, 4) is 22.8 Å². The van der Waals surface area contributed by atoms with Crippen LogP contribution >= 0.6 is 0 Å². The molecule has 11 nitrogen and oxygen atoms in total. The molecule has 0 fully saturated rings. The number of benzene rings is 4. The van der Waals surface area contributed by atoms with Crippen LogP contribution in [0.3, 0.4) is 0 Å². The van der Waals surface area contributed by atoms with E-state index in [2.05, 4.69) is 20.9 Å². The van der Waals surface area contributed by atoms with Crippen molar-refractivity contribution < 1.29 is 23.9 Å². The molecule has 0 bridgehead atoms. The predicted octanol–water partition coefficient (Wildman–Crippen LogP) is 4.61. The Hall–Kier alpha value is -5.97. The summed E-state index contributed by atoms with van der Waals surface area (Å²) in [7, 11) is 4.75. The predicted molar refractivity (Wildman–Crippen MR) is 175 cm³/mol. The van der Waals surface area contributed by atoms with Crippen molar-refractivity contribution in [1.82, 2.24) is 20.3 Å². The number of methoxy groups -OCH3 is 2. The summed E-state index contributed by atoms with van der Waals surface area (Å²) < 4.78 is 11.9. The Bertz CT molecular complexity index is 1810. The molecular weight excluding hydrogens is 584 g/mol. The zero-order valence-electron chi connectivity index (χ0n) is 25.7. The number of nitrogens with one attached hydrogen (secondary N) is 2. The molecule has 0 aliphatic rings. The molecule has 11 heteroatoms.